The van der Waals surface area contributed by atoms with Gasteiger partial charge in [-0.1, -0.05) is 0 Å². The number of quaternary nitrogens is 1. The van der Waals surface area contributed by atoms with Crippen LogP contribution in [0.1, 0.15) is 19.3 Å². The second-order valence-corrected chi connectivity index (χ2v) is 9.57. The van der Waals surface area contributed by atoms with E-state index in [-0.39, 0.29) is 0 Å². The third-order valence-electron chi connectivity index (χ3n) is 3.90. The highest BCUT2D eigenvalue weighted by Crippen LogP contribution is 2.33. The maximum Gasteiger partial charge on any atom is 0.198 e. The molecule has 0 aromatic carbocycles. The van der Waals surface area contributed by atoms with Crippen molar-refractivity contribution in [3.8, 4) is 0 Å². The molecular weight excluding hydrogens is 230 g/mol. The fraction of sp³-hybridized carbons (Fsp3) is 1.00. The number of nitrogens with zero attached hydrogens (tertiary/aromatic N) is 1. The summed E-state index contributed by atoms with van der Waals surface area (Å²) in [5, 5.41) is 0. The van der Waals surface area contributed by atoms with Crippen molar-refractivity contribution in [3.05, 3.63) is 0 Å². The van der Waals surface area contributed by atoms with Crippen LogP contribution in [0.25, 0.3) is 0 Å². The second-order valence-electron chi connectivity index (χ2n) is 4.99. The molecule has 0 aliphatic carbocycles. The highest BCUT2D eigenvalue weighted by molar-refractivity contribution is 8.71. The lowest BCUT2D eigenvalue weighted by molar-refractivity contribution is -0.940. The maximum absolute atomic E-state index is 11.0. The van der Waals surface area contributed by atoms with Gasteiger partial charge in [0.25, 0.3) is 0 Å². The highest BCUT2D eigenvalue weighted by atomic mass is 33.1. The zero-order valence-electron chi connectivity index (χ0n) is 9.31. The van der Waals surface area contributed by atoms with E-state index in [1.165, 1.54) is 49.6 Å². The van der Waals surface area contributed by atoms with Crippen LogP contribution >= 0.6 is 10.8 Å². The van der Waals surface area contributed by atoms with Gasteiger partial charge < -0.3 is 4.48 Å². The Morgan fingerprint density at radius 3 is 2.20 bits per heavy atom. The van der Waals surface area contributed by atoms with E-state index in [2.05, 4.69) is 0 Å². The number of hydrogen-bond acceptors (Lipinski definition) is 3. The molecule has 3 rings (SSSR count). The Morgan fingerprint density at radius 1 is 1.20 bits per heavy atom. The summed E-state index contributed by atoms with van der Waals surface area (Å²) in [6.07, 6.45) is 5.40. The average molecular weight is 250 g/mol. The average Bonchev–Trinajstić information content (AvgIpc) is 2.18. The molecule has 0 saturated carbocycles. The van der Waals surface area contributed by atoms with Crippen LogP contribution in [0.15, 0.2) is 0 Å². The molecule has 0 radical (unpaired) electrons. The Bertz CT molecular complexity index is 305. The minimum absolute atomic E-state index is 0.767. The van der Waals surface area contributed by atoms with Crippen molar-refractivity contribution in [1.29, 1.82) is 0 Å². The van der Waals surface area contributed by atoms with Gasteiger partial charge in [0.1, 0.15) is 0 Å². The first-order valence-electron chi connectivity index (χ1n) is 5.69. The van der Waals surface area contributed by atoms with E-state index >= 15 is 0 Å². The molecule has 3 aliphatic heterocycles. The number of hydrogen-bond donors (Lipinski definition) is 0. The monoisotopic (exact) mass is 250 g/mol. The number of piperidine rings is 3. The Hall–Kier alpha value is 0.260. The molecule has 0 spiro atoms. The molecule has 3 nitrogen and oxygen atoms in total. The van der Waals surface area contributed by atoms with E-state index in [0.29, 0.717) is 0 Å². The van der Waals surface area contributed by atoms with Crippen LogP contribution in [-0.4, -0.2) is 51.1 Å². The molecule has 0 atom stereocenters. The van der Waals surface area contributed by atoms with Crippen molar-refractivity contribution in [2.24, 2.45) is 5.92 Å². The molecule has 0 unspecified atom stereocenters. The number of fused-ring (bicyclic) bond motifs is 3. The summed E-state index contributed by atoms with van der Waals surface area (Å²) in [5.74, 6) is 1.75. The second kappa shape index (κ2) is 4.26. The van der Waals surface area contributed by atoms with Gasteiger partial charge in [-0.25, -0.2) is 8.42 Å². The summed E-state index contributed by atoms with van der Waals surface area (Å²) in [5.41, 5.74) is 0. The molecule has 5 heteroatoms. The van der Waals surface area contributed by atoms with Crippen molar-refractivity contribution in [2.75, 3.05) is 38.2 Å². The van der Waals surface area contributed by atoms with E-state index in [1.807, 2.05) is 0 Å². The first-order chi connectivity index (χ1) is 6.99. The lowest BCUT2D eigenvalue weighted by atomic mass is 9.86. The molecule has 2 bridgehead atoms. The predicted molar refractivity (Wildman–Crippen MR) is 64.4 cm³/mol. The van der Waals surface area contributed by atoms with Crippen LogP contribution in [0.2, 0.25) is 0 Å². The standard InChI is InChI=1S/C10H20NO2S2/c1-15(12,13)14-9-8-11-5-2-10(3-6-11)4-7-11/h10H,2-9H2,1H3/q+1. The smallest absolute Gasteiger partial charge is 0.198 e. The summed E-state index contributed by atoms with van der Waals surface area (Å²) >= 11 is 0. The van der Waals surface area contributed by atoms with E-state index in [9.17, 15) is 8.42 Å². The van der Waals surface area contributed by atoms with E-state index in [1.54, 1.807) is 0 Å². The van der Waals surface area contributed by atoms with Gasteiger partial charge in [0, 0.05) is 6.26 Å². The molecule has 0 amide bonds. The van der Waals surface area contributed by atoms with Gasteiger partial charge in [0.15, 0.2) is 8.87 Å². The molecule has 3 fully saturated rings. The van der Waals surface area contributed by atoms with Crippen LogP contribution in [0.4, 0.5) is 0 Å². The predicted octanol–water partition coefficient (Wildman–Crippen LogP) is 1.31. The minimum Gasteiger partial charge on any atom is -0.323 e. The van der Waals surface area contributed by atoms with Crippen LogP contribution in [-0.2, 0) is 8.87 Å². The zero-order valence-corrected chi connectivity index (χ0v) is 10.9. The lowest BCUT2D eigenvalue weighted by Gasteiger charge is -2.49. The summed E-state index contributed by atoms with van der Waals surface area (Å²) < 4.78 is 23.3. The molecule has 3 heterocycles. The molecular formula is C10H20NO2S2+. The summed E-state index contributed by atoms with van der Waals surface area (Å²) in [6, 6.07) is 0. The van der Waals surface area contributed by atoms with Crippen molar-refractivity contribution < 1.29 is 12.9 Å². The summed E-state index contributed by atoms with van der Waals surface area (Å²) in [6.45, 7) is 4.91. The Morgan fingerprint density at radius 2 is 1.73 bits per heavy atom. The van der Waals surface area contributed by atoms with Gasteiger partial charge in [0.05, 0.1) is 31.9 Å². The van der Waals surface area contributed by atoms with Gasteiger partial charge in [0.2, 0.25) is 0 Å². The van der Waals surface area contributed by atoms with Gasteiger partial charge in [-0.2, -0.15) is 0 Å². The first-order valence-corrected chi connectivity index (χ1v) is 9.08. The molecule has 15 heavy (non-hydrogen) atoms. The van der Waals surface area contributed by atoms with Crippen molar-refractivity contribution in [1.82, 2.24) is 0 Å². The summed E-state index contributed by atoms with van der Waals surface area (Å²) in [7, 11) is -1.73. The quantitative estimate of drug-likeness (QED) is 0.557. The minimum atomic E-state index is -2.84. The Balaban J connectivity index is 1.83. The molecule has 0 N–H and O–H groups in total. The van der Waals surface area contributed by atoms with E-state index in [4.69, 9.17) is 0 Å². The molecule has 3 saturated heterocycles. The third kappa shape index (κ3) is 3.11. The van der Waals surface area contributed by atoms with Crippen molar-refractivity contribution in [3.63, 3.8) is 0 Å². The first kappa shape index (κ1) is 11.7. The van der Waals surface area contributed by atoms with Crippen LogP contribution < -0.4 is 0 Å². The van der Waals surface area contributed by atoms with Gasteiger partial charge in [-0.3, -0.25) is 0 Å². The lowest BCUT2D eigenvalue weighted by Crippen LogP contribution is -2.59. The molecule has 3 aliphatic rings. The summed E-state index contributed by atoms with van der Waals surface area (Å²) in [4.78, 5) is 0. The van der Waals surface area contributed by atoms with Crippen LogP contribution in [0.5, 0.6) is 0 Å². The molecule has 0 aromatic rings. The SMILES string of the molecule is CS(=O)(=O)SCC[N+]12CCC(CC1)CC2. The Labute approximate surface area is 96.1 Å². The largest absolute Gasteiger partial charge is 0.323 e. The Kier molecular flexibility index (Phi) is 3.33. The van der Waals surface area contributed by atoms with Gasteiger partial charge in [-0.15, -0.1) is 0 Å². The zero-order chi connectivity index (χ0) is 10.9. The van der Waals surface area contributed by atoms with E-state index < -0.39 is 8.87 Å². The number of rotatable bonds is 4. The highest BCUT2D eigenvalue weighted by Gasteiger charge is 2.39. The van der Waals surface area contributed by atoms with Crippen molar-refractivity contribution >= 4 is 19.7 Å². The van der Waals surface area contributed by atoms with E-state index in [0.717, 1.165) is 29.0 Å². The van der Waals surface area contributed by atoms with Gasteiger partial charge in [-0.05, 0) is 36.0 Å². The molecule has 88 valence electrons. The normalized spacial score (nSPS) is 35.7. The third-order valence-corrected chi connectivity index (χ3v) is 6.46. The molecule has 0 aromatic heterocycles. The topological polar surface area (TPSA) is 34.1 Å². The van der Waals surface area contributed by atoms with Crippen LogP contribution in [0.3, 0.4) is 0 Å². The van der Waals surface area contributed by atoms with Crippen LogP contribution in [0, 0.1) is 5.92 Å². The van der Waals surface area contributed by atoms with Gasteiger partial charge >= 0.3 is 0 Å². The maximum atomic E-state index is 11.0. The fourth-order valence-corrected chi connectivity index (χ4v) is 4.75. The van der Waals surface area contributed by atoms with Crippen molar-refractivity contribution in [2.45, 2.75) is 19.3 Å². The fourth-order valence-electron chi connectivity index (χ4n) is 2.86.